The third-order valence-electron chi connectivity index (χ3n) is 3.20. The van der Waals surface area contributed by atoms with Crippen LogP contribution in [0.1, 0.15) is 25.3 Å². The van der Waals surface area contributed by atoms with E-state index in [0.717, 1.165) is 12.8 Å². The molecular formula is C14H20N2O3. The van der Waals surface area contributed by atoms with Crippen molar-refractivity contribution in [3.8, 4) is 11.5 Å². The average molecular weight is 264 g/mol. The Balaban J connectivity index is 1.88. The van der Waals surface area contributed by atoms with Gasteiger partial charge in [-0.2, -0.15) is 0 Å². The summed E-state index contributed by atoms with van der Waals surface area (Å²) in [5.41, 5.74) is 0.713. The van der Waals surface area contributed by atoms with Gasteiger partial charge in [0.2, 0.25) is 5.91 Å². The van der Waals surface area contributed by atoms with Crippen molar-refractivity contribution in [2.45, 2.75) is 38.4 Å². The molecule has 5 nitrogen and oxygen atoms in total. The lowest BCUT2D eigenvalue weighted by molar-refractivity contribution is -0.122. The Bertz CT molecular complexity index is 458. The van der Waals surface area contributed by atoms with Crippen molar-refractivity contribution in [1.29, 1.82) is 0 Å². The first-order valence-corrected chi connectivity index (χ1v) is 6.50. The fourth-order valence-corrected chi connectivity index (χ4v) is 1.74. The monoisotopic (exact) mass is 264 g/mol. The van der Waals surface area contributed by atoms with E-state index >= 15 is 0 Å². The smallest absolute Gasteiger partial charge is 0.237 e. The van der Waals surface area contributed by atoms with Gasteiger partial charge in [0.05, 0.1) is 13.2 Å². The van der Waals surface area contributed by atoms with E-state index in [9.17, 15) is 9.90 Å². The van der Waals surface area contributed by atoms with Crippen LogP contribution < -0.4 is 15.4 Å². The van der Waals surface area contributed by atoms with E-state index in [0.29, 0.717) is 23.9 Å². The molecule has 1 fully saturated rings. The highest BCUT2D eigenvalue weighted by molar-refractivity contribution is 5.81. The van der Waals surface area contributed by atoms with E-state index in [-0.39, 0.29) is 17.7 Å². The molecule has 2 rings (SSSR count). The van der Waals surface area contributed by atoms with E-state index in [2.05, 4.69) is 10.6 Å². The van der Waals surface area contributed by atoms with Crippen molar-refractivity contribution in [1.82, 2.24) is 10.6 Å². The predicted molar refractivity (Wildman–Crippen MR) is 72.1 cm³/mol. The van der Waals surface area contributed by atoms with Crippen LogP contribution in [0.15, 0.2) is 18.2 Å². The number of hydrogen-bond donors (Lipinski definition) is 3. The Hall–Kier alpha value is -1.75. The summed E-state index contributed by atoms with van der Waals surface area (Å²) in [5, 5.41) is 15.8. The molecule has 19 heavy (non-hydrogen) atoms. The Morgan fingerprint density at radius 3 is 2.89 bits per heavy atom. The number of aromatic hydroxyl groups is 1. The fourth-order valence-electron chi connectivity index (χ4n) is 1.74. The van der Waals surface area contributed by atoms with Crippen molar-refractivity contribution in [2.75, 3.05) is 7.11 Å². The minimum atomic E-state index is -0.286. The molecule has 0 aliphatic heterocycles. The molecule has 0 heterocycles. The maximum absolute atomic E-state index is 11.8. The maximum Gasteiger partial charge on any atom is 0.237 e. The lowest BCUT2D eigenvalue weighted by Gasteiger charge is -2.14. The highest BCUT2D eigenvalue weighted by atomic mass is 16.5. The fraction of sp³-hybridized carbons (Fsp3) is 0.500. The molecule has 1 aromatic rings. The molecule has 1 aromatic carbocycles. The van der Waals surface area contributed by atoms with Crippen molar-refractivity contribution in [3.05, 3.63) is 23.8 Å². The van der Waals surface area contributed by atoms with Crippen LogP contribution in [0.4, 0.5) is 0 Å². The molecule has 5 heteroatoms. The number of methoxy groups -OCH3 is 1. The number of amides is 1. The number of phenolic OH excluding ortho intramolecular Hbond substituents is 1. The van der Waals surface area contributed by atoms with Crippen LogP contribution in [0, 0.1) is 0 Å². The predicted octanol–water partition coefficient (Wildman–Crippen LogP) is 1.16. The lowest BCUT2D eigenvalue weighted by Crippen LogP contribution is -2.42. The first kappa shape index (κ1) is 13.7. The molecule has 1 aliphatic carbocycles. The number of hydrogen-bond acceptors (Lipinski definition) is 4. The zero-order chi connectivity index (χ0) is 13.8. The molecule has 1 amide bonds. The van der Waals surface area contributed by atoms with Gasteiger partial charge < -0.3 is 20.5 Å². The summed E-state index contributed by atoms with van der Waals surface area (Å²) in [7, 11) is 1.58. The second kappa shape index (κ2) is 5.93. The number of rotatable bonds is 6. The first-order valence-electron chi connectivity index (χ1n) is 6.50. The van der Waals surface area contributed by atoms with Gasteiger partial charge in [0, 0.05) is 18.2 Å². The van der Waals surface area contributed by atoms with Gasteiger partial charge in [-0.1, -0.05) is 0 Å². The zero-order valence-corrected chi connectivity index (χ0v) is 11.3. The summed E-state index contributed by atoms with van der Waals surface area (Å²) >= 11 is 0. The number of carbonyl (C=O) groups excluding carboxylic acids is 1. The van der Waals surface area contributed by atoms with Crippen LogP contribution in [-0.4, -0.2) is 30.2 Å². The highest BCUT2D eigenvalue weighted by Crippen LogP contribution is 2.22. The molecule has 3 N–H and O–H groups in total. The lowest BCUT2D eigenvalue weighted by atomic mass is 10.1. The molecule has 0 bridgehead atoms. The standard InChI is InChI=1S/C14H20N2O3/c1-9(14(18)16-11-3-4-11)15-8-10-7-12(19-2)5-6-13(10)17/h5-7,9,11,15,17H,3-4,8H2,1-2H3,(H,16,18). The van der Waals surface area contributed by atoms with Crippen LogP contribution in [0.25, 0.3) is 0 Å². The van der Waals surface area contributed by atoms with Crippen molar-refractivity contribution in [3.63, 3.8) is 0 Å². The van der Waals surface area contributed by atoms with Crippen LogP contribution in [0.2, 0.25) is 0 Å². The summed E-state index contributed by atoms with van der Waals surface area (Å²) in [6.07, 6.45) is 2.16. The summed E-state index contributed by atoms with van der Waals surface area (Å²) in [4.78, 5) is 11.8. The number of phenols is 1. The molecule has 1 aliphatic rings. The van der Waals surface area contributed by atoms with Gasteiger partial charge in [-0.05, 0) is 38.0 Å². The maximum atomic E-state index is 11.8. The van der Waals surface area contributed by atoms with E-state index in [1.165, 1.54) is 0 Å². The van der Waals surface area contributed by atoms with Gasteiger partial charge in [0.15, 0.2) is 0 Å². The minimum absolute atomic E-state index is 0.00452. The Morgan fingerprint density at radius 1 is 1.53 bits per heavy atom. The third-order valence-corrected chi connectivity index (χ3v) is 3.20. The molecule has 0 radical (unpaired) electrons. The largest absolute Gasteiger partial charge is 0.508 e. The zero-order valence-electron chi connectivity index (χ0n) is 11.3. The van der Waals surface area contributed by atoms with E-state index in [4.69, 9.17) is 4.74 Å². The molecule has 0 saturated heterocycles. The van der Waals surface area contributed by atoms with Gasteiger partial charge in [-0.25, -0.2) is 0 Å². The highest BCUT2D eigenvalue weighted by Gasteiger charge is 2.25. The number of ether oxygens (including phenoxy) is 1. The Morgan fingerprint density at radius 2 is 2.26 bits per heavy atom. The normalized spacial score (nSPS) is 15.9. The molecule has 1 unspecified atom stereocenters. The van der Waals surface area contributed by atoms with Gasteiger partial charge >= 0.3 is 0 Å². The number of carbonyl (C=O) groups is 1. The van der Waals surface area contributed by atoms with Crippen LogP contribution in [0.3, 0.4) is 0 Å². The van der Waals surface area contributed by atoms with Gasteiger partial charge in [0.25, 0.3) is 0 Å². The molecule has 0 spiro atoms. The number of benzene rings is 1. The van der Waals surface area contributed by atoms with E-state index in [1.807, 2.05) is 6.92 Å². The second-order valence-corrected chi connectivity index (χ2v) is 4.88. The third kappa shape index (κ3) is 3.86. The minimum Gasteiger partial charge on any atom is -0.508 e. The molecule has 0 aromatic heterocycles. The molecule has 1 saturated carbocycles. The van der Waals surface area contributed by atoms with E-state index < -0.39 is 0 Å². The second-order valence-electron chi connectivity index (χ2n) is 4.88. The quantitative estimate of drug-likeness (QED) is 0.721. The van der Waals surface area contributed by atoms with Crippen molar-refractivity contribution in [2.24, 2.45) is 0 Å². The van der Waals surface area contributed by atoms with Crippen molar-refractivity contribution < 1.29 is 14.6 Å². The average Bonchev–Trinajstić information content (AvgIpc) is 3.21. The summed E-state index contributed by atoms with van der Waals surface area (Å²) in [6, 6.07) is 5.12. The molecule has 1 atom stereocenters. The van der Waals surface area contributed by atoms with Crippen LogP contribution in [-0.2, 0) is 11.3 Å². The number of nitrogens with one attached hydrogen (secondary N) is 2. The van der Waals surface area contributed by atoms with Gasteiger partial charge in [0.1, 0.15) is 11.5 Å². The van der Waals surface area contributed by atoms with Crippen LogP contribution >= 0.6 is 0 Å². The summed E-state index contributed by atoms with van der Waals surface area (Å²) in [5.74, 6) is 0.887. The summed E-state index contributed by atoms with van der Waals surface area (Å²) in [6.45, 7) is 2.23. The van der Waals surface area contributed by atoms with E-state index in [1.54, 1.807) is 25.3 Å². The SMILES string of the molecule is COc1ccc(O)c(CNC(C)C(=O)NC2CC2)c1. The first-order chi connectivity index (χ1) is 9.10. The summed E-state index contributed by atoms with van der Waals surface area (Å²) < 4.78 is 5.11. The Kier molecular flexibility index (Phi) is 4.27. The molecular weight excluding hydrogens is 244 g/mol. The van der Waals surface area contributed by atoms with Gasteiger partial charge in [-0.15, -0.1) is 0 Å². The van der Waals surface area contributed by atoms with Crippen molar-refractivity contribution >= 4 is 5.91 Å². The molecule has 104 valence electrons. The Labute approximate surface area is 113 Å². The van der Waals surface area contributed by atoms with Gasteiger partial charge in [-0.3, -0.25) is 4.79 Å². The van der Waals surface area contributed by atoms with Crippen LogP contribution in [0.5, 0.6) is 11.5 Å². The topological polar surface area (TPSA) is 70.6 Å².